The number of benzene rings is 1. The van der Waals surface area contributed by atoms with Gasteiger partial charge in [0.2, 0.25) is 0 Å². The number of nitriles is 1. The Bertz CT molecular complexity index is 1650. The summed E-state index contributed by atoms with van der Waals surface area (Å²) in [6, 6.07) is 7.99. The average Bonchev–Trinajstić information content (AvgIpc) is 3.40. The molecule has 1 saturated heterocycles. The summed E-state index contributed by atoms with van der Waals surface area (Å²) in [6.45, 7) is 6.83. The quantitative estimate of drug-likeness (QED) is 0.328. The van der Waals surface area contributed by atoms with Crippen molar-refractivity contribution in [1.29, 1.82) is 5.26 Å². The SMILES string of the molecule is CC(C)COC(=O)[C@@H]1CCC(CC#N)(n2nc(Nc3ccc4c(c3)CC(C)(C)C4(O)C(F)(F)F)c3c(=O)[nH]ccc32)CO1. The number of aliphatic hydroxyl groups is 1. The maximum atomic E-state index is 14.0. The summed E-state index contributed by atoms with van der Waals surface area (Å²) >= 11 is 0. The van der Waals surface area contributed by atoms with Crippen molar-refractivity contribution in [2.24, 2.45) is 11.3 Å². The van der Waals surface area contributed by atoms with Crippen molar-refractivity contribution >= 4 is 28.4 Å². The number of aromatic nitrogens is 3. The molecule has 10 nitrogen and oxygen atoms in total. The van der Waals surface area contributed by atoms with Crippen LogP contribution in [0.5, 0.6) is 0 Å². The molecule has 3 heterocycles. The number of pyridine rings is 1. The van der Waals surface area contributed by atoms with E-state index >= 15 is 0 Å². The van der Waals surface area contributed by atoms with Crippen LogP contribution in [-0.2, 0) is 31.8 Å². The lowest BCUT2D eigenvalue weighted by molar-refractivity contribution is -0.299. The third-order valence-electron chi connectivity index (χ3n) is 8.49. The highest BCUT2D eigenvalue weighted by Gasteiger charge is 2.66. The predicted octanol–water partition coefficient (Wildman–Crippen LogP) is 4.79. The molecule has 1 aromatic carbocycles. The first kappa shape index (κ1) is 30.6. The lowest BCUT2D eigenvalue weighted by atomic mass is 9.75. The highest BCUT2D eigenvalue weighted by molar-refractivity contribution is 5.91. The molecule has 5 rings (SSSR count). The van der Waals surface area contributed by atoms with Gasteiger partial charge in [-0.1, -0.05) is 33.8 Å². The van der Waals surface area contributed by atoms with E-state index in [1.54, 1.807) is 10.7 Å². The van der Waals surface area contributed by atoms with Crippen molar-refractivity contribution in [3.8, 4) is 6.07 Å². The Kier molecular flexibility index (Phi) is 7.59. The van der Waals surface area contributed by atoms with Gasteiger partial charge < -0.3 is 24.9 Å². The van der Waals surface area contributed by atoms with E-state index in [2.05, 4.69) is 21.5 Å². The Morgan fingerprint density at radius 1 is 1.35 bits per heavy atom. The number of ether oxygens (including phenoxy) is 2. The molecule has 13 heteroatoms. The number of H-pyrrole nitrogens is 1. The minimum Gasteiger partial charge on any atom is -0.463 e. The number of hydrogen-bond donors (Lipinski definition) is 3. The van der Waals surface area contributed by atoms with Crippen LogP contribution in [0.15, 0.2) is 35.3 Å². The predicted molar refractivity (Wildman–Crippen MR) is 150 cm³/mol. The number of nitrogens with zero attached hydrogens (tertiary/aromatic N) is 3. The molecule has 3 aromatic rings. The number of carbonyl (C=O) groups is 1. The fourth-order valence-electron chi connectivity index (χ4n) is 6.21. The summed E-state index contributed by atoms with van der Waals surface area (Å²) in [7, 11) is 0. The maximum absolute atomic E-state index is 14.0. The average molecular weight is 602 g/mol. The molecule has 0 spiro atoms. The van der Waals surface area contributed by atoms with E-state index in [4.69, 9.17) is 9.47 Å². The van der Waals surface area contributed by atoms with Crippen LogP contribution in [0.4, 0.5) is 24.7 Å². The van der Waals surface area contributed by atoms with Crippen LogP contribution < -0.4 is 10.9 Å². The first-order chi connectivity index (χ1) is 20.1. The lowest BCUT2D eigenvalue weighted by Gasteiger charge is -2.38. The summed E-state index contributed by atoms with van der Waals surface area (Å²) in [5.74, 6) is -0.172. The standard InChI is InChI=1S/C30H34F3N5O5/c1-17(2)15-42-26(40)22-7-9-28(10-11-34,16-43-22)38-21-8-12-35-25(39)23(21)24(37-38)36-19-5-6-20-18(13-19)14-27(3,4)29(20,41)30(31,32)33/h5-6,8,12-13,17,22,41H,7,9-10,14-16H2,1-4H3,(H,35,39)(H,36,37)/t22-,28?,29?/m0/s1. The molecule has 1 aliphatic carbocycles. The number of halogens is 3. The minimum atomic E-state index is -4.87. The fourth-order valence-corrected chi connectivity index (χ4v) is 6.21. The van der Waals surface area contributed by atoms with E-state index in [1.807, 2.05) is 13.8 Å². The molecule has 1 aliphatic heterocycles. The Hall–Kier alpha value is -3.89. The van der Waals surface area contributed by atoms with E-state index in [9.17, 15) is 33.1 Å². The van der Waals surface area contributed by atoms with Crippen molar-refractivity contribution in [3.63, 3.8) is 0 Å². The second kappa shape index (κ2) is 10.7. The molecule has 43 heavy (non-hydrogen) atoms. The molecular formula is C30H34F3N5O5. The van der Waals surface area contributed by atoms with Crippen molar-refractivity contribution in [3.05, 3.63) is 51.9 Å². The van der Waals surface area contributed by atoms with Crippen LogP contribution in [0.2, 0.25) is 0 Å². The Balaban J connectivity index is 1.49. The van der Waals surface area contributed by atoms with Crippen molar-refractivity contribution in [2.75, 3.05) is 18.5 Å². The molecule has 0 radical (unpaired) electrons. The topological polar surface area (TPSA) is 142 Å². The summed E-state index contributed by atoms with van der Waals surface area (Å²) in [5.41, 5.74) is -5.07. The molecular weight excluding hydrogens is 567 g/mol. The zero-order valence-electron chi connectivity index (χ0n) is 24.3. The van der Waals surface area contributed by atoms with Crippen LogP contribution in [0.1, 0.15) is 58.1 Å². The number of carbonyl (C=O) groups excluding carboxylic acids is 1. The first-order valence-electron chi connectivity index (χ1n) is 14.1. The van der Waals surface area contributed by atoms with Gasteiger partial charge in [0.25, 0.3) is 5.56 Å². The second-order valence-electron chi connectivity index (χ2n) is 12.5. The lowest BCUT2D eigenvalue weighted by Crippen LogP contribution is -2.50. The second-order valence-corrected chi connectivity index (χ2v) is 12.5. The third-order valence-corrected chi connectivity index (χ3v) is 8.49. The molecule has 230 valence electrons. The van der Waals surface area contributed by atoms with Crippen molar-refractivity contribution in [2.45, 2.75) is 76.8 Å². The zero-order valence-corrected chi connectivity index (χ0v) is 24.3. The summed E-state index contributed by atoms with van der Waals surface area (Å²) in [4.78, 5) is 28.2. The van der Waals surface area contributed by atoms with Gasteiger partial charge in [0.05, 0.1) is 36.8 Å². The monoisotopic (exact) mass is 601 g/mol. The number of aromatic amines is 1. The number of anilines is 2. The van der Waals surface area contributed by atoms with Crippen molar-refractivity contribution in [1.82, 2.24) is 14.8 Å². The van der Waals surface area contributed by atoms with E-state index in [0.717, 1.165) is 0 Å². The summed E-state index contributed by atoms with van der Waals surface area (Å²) in [5, 5.41) is 28.5. The molecule has 2 aliphatic rings. The molecule has 0 bridgehead atoms. The van der Waals surface area contributed by atoms with Gasteiger partial charge in [-0.05, 0) is 54.5 Å². The molecule has 3 N–H and O–H groups in total. The van der Waals surface area contributed by atoms with Crippen molar-refractivity contribution < 1.29 is 32.5 Å². The van der Waals surface area contributed by atoms with Gasteiger partial charge in [-0.25, -0.2) is 4.79 Å². The number of fused-ring (bicyclic) bond motifs is 2. The van der Waals surface area contributed by atoms with E-state index in [1.165, 1.54) is 38.2 Å². The Morgan fingerprint density at radius 3 is 2.72 bits per heavy atom. The molecule has 1 fully saturated rings. The van der Waals surface area contributed by atoms with Gasteiger partial charge in [-0.3, -0.25) is 9.48 Å². The molecule has 2 unspecified atom stereocenters. The Morgan fingerprint density at radius 2 is 2.09 bits per heavy atom. The van der Waals surface area contributed by atoms with Gasteiger partial charge in [0.1, 0.15) is 5.39 Å². The highest BCUT2D eigenvalue weighted by Crippen LogP contribution is 2.58. The number of alkyl halides is 3. The Labute approximate surface area is 245 Å². The van der Waals surface area contributed by atoms with Gasteiger partial charge in [-0.15, -0.1) is 0 Å². The van der Waals surface area contributed by atoms with Gasteiger partial charge in [-0.2, -0.15) is 23.5 Å². The van der Waals surface area contributed by atoms with Crippen LogP contribution in [-0.4, -0.2) is 51.3 Å². The summed E-state index contributed by atoms with van der Waals surface area (Å²) in [6.07, 6.45) is -3.64. The first-order valence-corrected chi connectivity index (χ1v) is 14.1. The van der Waals surface area contributed by atoms with Crippen LogP contribution in [0, 0.1) is 22.7 Å². The molecule has 0 saturated carbocycles. The third kappa shape index (κ3) is 5.06. The smallest absolute Gasteiger partial charge is 0.421 e. The van der Waals surface area contributed by atoms with Gasteiger partial charge in [0, 0.05) is 17.3 Å². The van der Waals surface area contributed by atoms with Crippen LogP contribution >= 0.6 is 0 Å². The zero-order chi connectivity index (χ0) is 31.4. The summed E-state index contributed by atoms with van der Waals surface area (Å²) < 4.78 is 54.9. The van der Waals surface area contributed by atoms with Gasteiger partial charge >= 0.3 is 12.1 Å². The van der Waals surface area contributed by atoms with E-state index in [0.29, 0.717) is 23.2 Å². The molecule has 2 aromatic heterocycles. The van der Waals surface area contributed by atoms with Gasteiger partial charge in [0.15, 0.2) is 17.5 Å². The fraction of sp³-hybridized carbons (Fsp3) is 0.533. The maximum Gasteiger partial charge on any atom is 0.421 e. The number of hydrogen-bond acceptors (Lipinski definition) is 8. The van der Waals surface area contributed by atoms with E-state index in [-0.39, 0.29) is 55.2 Å². The number of rotatable bonds is 7. The minimum absolute atomic E-state index is 0.0201. The van der Waals surface area contributed by atoms with Crippen LogP contribution in [0.3, 0.4) is 0 Å². The number of esters is 1. The van der Waals surface area contributed by atoms with E-state index < -0.39 is 40.4 Å². The molecule has 3 atom stereocenters. The molecule has 0 amide bonds. The normalized spacial score (nSPS) is 25.0. The highest BCUT2D eigenvalue weighted by atomic mass is 19.4. The number of nitrogens with one attached hydrogen (secondary N) is 2. The largest absolute Gasteiger partial charge is 0.463 e. The van der Waals surface area contributed by atoms with Crippen LogP contribution in [0.25, 0.3) is 10.9 Å².